The molecule has 0 fully saturated rings. The third-order valence-corrected chi connectivity index (χ3v) is 4.70. The van der Waals surface area contributed by atoms with E-state index in [2.05, 4.69) is 4.85 Å². The summed E-state index contributed by atoms with van der Waals surface area (Å²) in [7, 11) is -3.83. The van der Waals surface area contributed by atoms with Crippen LogP contribution in [0.4, 0.5) is 0 Å². The van der Waals surface area contributed by atoms with Gasteiger partial charge in [-0.2, -0.15) is 0 Å². The standard InChI is InChI=1S/C16H15NO3S/c1-4-14-11-13(10-12(2)20-14)16(17-3)21(18,19)15-8-6-5-7-9-15/h5-11H,4H2,1-2H3. The van der Waals surface area contributed by atoms with E-state index >= 15 is 0 Å². The Kier molecular flexibility index (Phi) is 4.29. The first-order valence-electron chi connectivity index (χ1n) is 6.47. The first-order valence-corrected chi connectivity index (χ1v) is 7.96. The summed E-state index contributed by atoms with van der Waals surface area (Å²) in [4.78, 5) is 3.38. The predicted molar refractivity (Wildman–Crippen MR) is 80.5 cm³/mol. The van der Waals surface area contributed by atoms with Gasteiger partial charge in [0.2, 0.25) is 9.84 Å². The summed E-state index contributed by atoms with van der Waals surface area (Å²) in [6.07, 6.45) is 3.82. The molecule has 1 aliphatic heterocycles. The maximum atomic E-state index is 12.6. The van der Waals surface area contributed by atoms with E-state index in [-0.39, 0.29) is 9.92 Å². The van der Waals surface area contributed by atoms with Gasteiger partial charge < -0.3 is 4.74 Å². The minimum atomic E-state index is -3.83. The van der Waals surface area contributed by atoms with Crippen molar-refractivity contribution in [3.05, 3.63) is 76.0 Å². The molecular formula is C16H15NO3S. The van der Waals surface area contributed by atoms with Crippen molar-refractivity contribution in [2.75, 3.05) is 0 Å². The molecular weight excluding hydrogens is 286 g/mol. The molecule has 1 heterocycles. The van der Waals surface area contributed by atoms with Crippen LogP contribution in [0.2, 0.25) is 0 Å². The molecule has 1 aromatic carbocycles. The average molecular weight is 301 g/mol. The highest BCUT2D eigenvalue weighted by molar-refractivity contribution is 7.95. The third-order valence-electron chi connectivity index (χ3n) is 2.97. The van der Waals surface area contributed by atoms with Gasteiger partial charge in [-0.25, -0.2) is 13.3 Å². The summed E-state index contributed by atoms with van der Waals surface area (Å²) in [5.41, 5.74) is 0.370. The molecule has 2 rings (SSSR count). The zero-order valence-corrected chi connectivity index (χ0v) is 12.6. The molecule has 0 saturated carbocycles. The van der Waals surface area contributed by atoms with Gasteiger partial charge in [0.05, 0.1) is 17.2 Å². The second kappa shape index (κ2) is 5.98. The van der Waals surface area contributed by atoms with Crippen molar-refractivity contribution < 1.29 is 13.2 Å². The Hall–Kier alpha value is -2.32. The Balaban J connectivity index is 2.64. The summed E-state index contributed by atoms with van der Waals surface area (Å²) < 4.78 is 30.7. The van der Waals surface area contributed by atoms with E-state index in [1.807, 2.05) is 6.92 Å². The molecule has 0 aromatic heterocycles. The lowest BCUT2D eigenvalue weighted by Crippen LogP contribution is -2.06. The van der Waals surface area contributed by atoms with Crippen molar-refractivity contribution in [1.29, 1.82) is 0 Å². The number of rotatable bonds is 3. The fourth-order valence-electron chi connectivity index (χ4n) is 1.99. The maximum Gasteiger partial charge on any atom is 0.290 e. The van der Waals surface area contributed by atoms with Crippen LogP contribution >= 0.6 is 0 Å². The van der Waals surface area contributed by atoms with Crippen LogP contribution in [0.1, 0.15) is 20.3 Å². The van der Waals surface area contributed by atoms with E-state index in [9.17, 15) is 8.42 Å². The van der Waals surface area contributed by atoms with Crippen molar-refractivity contribution >= 4 is 9.84 Å². The second-order valence-corrected chi connectivity index (χ2v) is 6.38. The van der Waals surface area contributed by atoms with Crippen molar-refractivity contribution in [3.63, 3.8) is 0 Å². The topological polar surface area (TPSA) is 47.7 Å². The Morgan fingerprint density at radius 3 is 2.48 bits per heavy atom. The molecule has 0 atom stereocenters. The Morgan fingerprint density at radius 1 is 1.24 bits per heavy atom. The molecule has 108 valence electrons. The normalized spacial score (nSPS) is 17.2. The Morgan fingerprint density at radius 2 is 1.90 bits per heavy atom. The van der Waals surface area contributed by atoms with Crippen LogP contribution < -0.4 is 0 Å². The largest absolute Gasteiger partial charge is 0.466 e. The van der Waals surface area contributed by atoms with E-state index in [0.717, 1.165) is 0 Å². The molecule has 1 aromatic rings. The first kappa shape index (κ1) is 15.1. The number of benzene rings is 1. The second-order valence-electron chi connectivity index (χ2n) is 4.51. The number of sulfone groups is 1. The number of allylic oxidation sites excluding steroid dienone is 5. The van der Waals surface area contributed by atoms with Crippen LogP contribution in [0.15, 0.2) is 69.5 Å². The van der Waals surface area contributed by atoms with Gasteiger partial charge in [0.1, 0.15) is 5.76 Å². The number of nitrogens with zero attached hydrogens (tertiary/aromatic N) is 1. The minimum Gasteiger partial charge on any atom is -0.466 e. The number of hydrogen-bond donors (Lipinski definition) is 0. The quantitative estimate of drug-likeness (QED) is 0.797. The van der Waals surface area contributed by atoms with Crippen molar-refractivity contribution in [1.82, 2.24) is 0 Å². The highest BCUT2D eigenvalue weighted by Gasteiger charge is 2.25. The Labute approximate surface area is 124 Å². The molecule has 0 saturated heterocycles. The van der Waals surface area contributed by atoms with E-state index in [1.54, 1.807) is 37.3 Å². The smallest absolute Gasteiger partial charge is 0.290 e. The fourth-order valence-corrected chi connectivity index (χ4v) is 3.28. The van der Waals surface area contributed by atoms with Gasteiger partial charge in [-0.1, -0.05) is 25.1 Å². The van der Waals surface area contributed by atoms with Gasteiger partial charge in [-0.05, 0) is 36.8 Å². The maximum absolute atomic E-state index is 12.6. The molecule has 0 aliphatic carbocycles. The van der Waals surface area contributed by atoms with Crippen LogP contribution in [-0.4, -0.2) is 8.42 Å². The first-order chi connectivity index (χ1) is 9.98. The van der Waals surface area contributed by atoms with Gasteiger partial charge in [0, 0.05) is 6.42 Å². The van der Waals surface area contributed by atoms with Gasteiger partial charge in [-0.3, -0.25) is 0 Å². The molecule has 0 radical (unpaired) electrons. The highest BCUT2D eigenvalue weighted by Crippen LogP contribution is 2.29. The summed E-state index contributed by atoms with van der Waals surface area (Å²) >= 11 is 0. The minimum absolute atomic E-state index is 0.118. The molecule has 0 unspecified atom stereocenters. The Bertz CT molecular complexity index is 779. The number of hydrogen-bond acceptors (Lipinski definition) is 3. The molecule has 4 nitrogen and oxygen atoms in total. The van der Waals surface area contributed by atoms with E-state index in [4.69, 9.17) is 11.3 Å². The summed E-state index contributed by atoms with van der Waals surface area (Å²) in [5, 5.41) is -0.276. The lowest BCUT2D eigenvalue weighted by molar-refractivity contribution is 0.291. The molecule has 0 spiro atoms. The van der Waals surface area contributed by atoms with Crippen LogP contribution in [0.3, 0.4) is 0 Å². The lowest BCUT2D eigenvalue weighted by atomic mass is 10.1. The molecule has 0 bridgehead atoms. The monoisotopic (exact) mass is 301 g/mol. The summed E-state index contributed by atoms with van der Waals surface area (Å²) in [6, 6.07) is 7.98. The summed E-state index contributed by atoms with van der Waals surface area (Å²) in [5.74, 6) is 1.23. The van der Waals surface area contributed by atoms with Gasteiger partial charge in [0.25, 0.3) is 5.03 Å². The lowest BCUT2D eigenvalue weighted by Gasteiger charge is -2.15. The molecule has 1 aliphatic rings. The zero-order valence-electron chi connectivity index (χ0n) is 11.8. The zero-order chi connectivity index (χ0) is 15.5. The van der Waals surface area contributed by atoms with Gasteiger partial charge in [-0.15, -0.1) is 0 Å². The molecule has 21 heavy (non-hydrogen) atoms. The van der Waals surface area contributed by atoms with Crippen LogP contribution in [0.5, 0.6) is 0 Å². The average Bonchev–Trinajstić information content (AvgIpc) is 2.48. The predicted octanol–water partition coefficient (Wildman–Crippen LogP) is 3.82. The van der Waals surface area contributed by atoms with Crippen LogP contribution in [0.25, 0.3) is 4.85 Å². The van der Waals surface area contributed by atoms with E-state index < -0.39 is 9.84 Å². The van der Waals surface area contributed by atoms with Crippen LogP contribution in [0, 0.1) is 6.57 Å². The van der Waals surface area contributed by atoms with E-state index in [0.29, 0.717) is 23.5 Å². The molecule has 0 N–H and O–H groups in total. The SMILES string of the molecule is [C-]#[N+]C(=C1C=C(C)OC(CC)=C1)S(=O)(=O)c1ccccc1. The fraction of sp³-hybridized carbons (Fsp3) is 0.188. The number of ether oxygens (including phenoxy) is 1. The molecule has 5 heteroatoms. The van der Waals surface area contributed by atoms with E-state index in [1.165, 1.54) is 12.1 Å². The highest BCUT2D eigenvalue weighted by atomic mass is 32.2. The van der Waals surface area contributed by atoms with Gasteiger partial charge in [0.15, 0.2) is 0 Å². The third kappa shape index (κ3) is 3.06. The van der Waals surface area contributed by atoms with Crippen LogP contribution in [-0.2, 0) is 14.6 Å². The molecule has 0 amide bonds. The van der Waals surface area contributed by atoms with Crippen molar-refractivity contribution in [2.24, 2.45) is 0 Å². The van der Waals surface area contributed by atoms with Crippen molar-refractivity contribution in [2.45, 2.75) is 25.2 Å². The summed E-state index contributed by atoms with van der Waals surface area (Å²) in [6.45, 7) is 10.9. The van der Waals surface area contributed by atoms with Crippen molar-refractivity contribution in [3.8, 4) is 0 Å². The van der Waals surface area contributed by atoms with Gasteiger partial charge >= 0.3 is 0 Å².